The zero-order valence-electron chi connectivity index (χ0n) is 32.8. The number of azo groups is 1. The number of imidazole rings is 1. The van der Waals surface area contributed by atoms with Crippen molar-refractivity contribution in [2.24, 2.45) is 16.1 Å². The molecule has 7 N–H and O–H groups in total. The molecule has 0 fully saturated rings. The molecule has 16 nitrogen and oxygen atoms in total. The molecule has 2 atom stereocenters. The number of fused-ring (bicyclic) bond motifs is 1. The summed E-state index contributed by atoms with van der Waals surface area (Å²) in [6.07, 6.45) is 1.73. The average Bonchev–Trinajstić information content (AvgIpc) is 3.57. The van der Waals surface area contributed by atoms with E-state index in [2.05, 4.69) is 73.6 Å². The molecular formula is C40H54N10O6. The van der Waals surface area contributed by atoms with Crippen LogP contribution in [0.2, 0.25) is 0 Å². The van der Waals surface area contributed by atoms with Crippen LogP contribution >= 0.6 is 0 Å². The Labute approximate surface area is 326 Å². The summed E-state index contributed by atoms with van der Waals surface area (Å²) in [5.74, 6) is 3.84. The first kappa shape index (κ1) is 43.2. The number of Topliss-reactive ketones (excluding diaryl/α,β-unsaturated/α-hetero) is 1. The van der Waals surface area contributed by atoms with E-state index in [-0.39, 0.29) is 11.6 Å². The van der Waals surface area contributed by atoms with Crippen LogP contribution in [0.3, 0.4) is 0 Å². The second kappa shape index (κ2) is 21.5. The highest BCUT2D eigenvalue weighted by molar-refractivity contribution is 6.10. The maximum absolute atomic E-state index is 13.5. The lowest BCUT2D eigenvalue weighted by molar-refractivity contribution is -0.126. The SMILES string of the molecule is CCN(CC)CCCNC(=O)c1cc(NC(=O)c2ccc(N=NC(C(C)=O)C(=O)Nc3ccc4[nH]c(=O)[nH]c4c3)cc2)cc(C(CCCN(CC)CC)ON)c1. The molecule has 0 saturated carbocycles. The highest BCUT2D eigenvalue weighted by atomic mass is 16.6. The summed E-state index contributed by atoms with van der Waals surface area (Å²) in [4.78, 5) is 78.9. The molecule has 0 radical (unpaired) electrons. The number of benzene rings is 3. The van der Waals surface area contributed by atoms with Crippen LogP contribution in [0.5, 0.6) is 0 Å². The zero-order valence-corrected chi connectivity index (χ0v) is 32.8. The van der Waals surface area contributed by atoms with Crippen molar-refractivity contribution in [3.63, 3.8) is 0 Å². The maximum Gasteiger partial charge on any atom is 0.323 e. The molecule has 16 heteroatoms. The molecule has 4 aromatic rings. The van der Waals surface area contributed by atoms with Gasteiger partial charge in [-0.2, -0.15) is 10.2 Å². The van der Waals surface area contributed by atoms with E-state index in [4.69, 9.17) is 10.7 Å². The fourth-order valence-corrected chi connectivity index (χ4v) is 6.19. The molecule has 56 heavy (non-hydrogen) atoms. The van der Waals surface area contributed by atoms with Gasteiger partial charge in [-0.3, -0.25) is 24.0 Å². The number of amides is 3. The second-order valence-corrected chi connectivity index (χ2v) is 13.3. The fraction of sp³-hybridized carbons (Fsp3) is 0.425. The molecule has 0 bridgehead atoms. The minimum Gasteiger partial charge on any atom is -0.352 e. The van der Waals surface area contributed by atoms with E-state index in [1.807, 2.05) is 0 Å². The summed E-state index contributed by atoms with van der Waals surface area (Å²) in [6.45, 7) is 15.7. The lowest BCUT2D eigenvalue weighted by atomic mass is 10.00. The lowest BCUT2D eigenvalue weighted by Gasteiger charge is -2.21. The van der Waals surface area contributed by atoms with Gasteiger partial charge in [0.25, 0.3) is 17.7 Å². The van der Waals surface area contributed by atoms with E-state index in [1.54, 1.807) is 36.4 Å². The van der Waals surface area contributed by atoms with Crippen LogP contribution < -0.4 is 27.5 Å². The first-order chi connectivity index (χ1) is 27.0. The molecule has 1 heterocycles. The predicted octanol–water partition coefficient (Wildman–Crippen LogP) is 5.30. The van der Waals surface area contributed by atoms with Crippen LogP contribution in [0.4, 0.5) is 17.1 Å². The number of hydrogen-bond acceptors (Lipinski definition) is 11. The summed E-state index contributed by atoms with van der Waals surface area (Å²) in [6, 6.07) is 14.6. The largest absolute Gasteiger partial charge is 0.352 e. The van der Waals surface area contributed by atoms with E-state index in [0.29, 0.717) is 57.8 Å². The molecule has 0 aliphatic heterocycles. The summed E-state index contributed by atoms with van der Waals surface area (Å²) in [7, 11) is 0. The number of carbonyl (C=O) groups is 4. The Bertz CT molecular complexity index is 2020. The van der Waals surface area contributed by atoms with Gasteiger partial charge in [0.05, 0.1) is 16.7 Å². The minimum absolute atomic E-state index is 0.272. The van der Waals surface area contributed by atoms with E-state index in [9.17, 15) is 24.0 Å². The van der Waals surface area contributed by atoms with Crippen molar-refractivity contribution in [1.29, 1.82) is 0 Å². The fourth-order valence-electron chi connectivity index (χ4n) is 6.19. The number of hydrogen-bond donors (Lipinski definition) is 6. The number of carbonyl (C=O) groups excluding carboxylic acids is 4. The molecule has 0 aliphatic rings. The Kier molecular flexibility index (Phi) is 16.6. The third kappa shape index (κ3) is 12.5. The van der Waals surface area contributed by atoms with Crippen molar-refractivity contribution >= 4 is 51.6 Å². The van der Waals surface area contributed by atoms with Gasteiger partial charge < -0.3 is 35.7 Å². The summed E-state index contributed by atoms with van der Waals surface area (Å²) < 4.78 is 0. The topological polar surface area (TPSA) is 219 Å². The van der Waals surface area contributed by atoms with E-state index in [1.165, 1.54) is 31.2 Å². The van der Waals surface area contributed by atoms with E-state index in [0.717, 1.165) is 52.1 Å². The quantitative estimate of drug-likeness (QED) is 0.0264. The van der Waals surface area contributed by atoms with Crippen LogP contribution in [0.1, 0.15) is 86.3 Å². The number of anilines is 2. The average molecular weight is 771 g/mol. The maximum atomic E-state index is 13.5. The van der Waals surface area contributed by atoms with Crippen molar-refractivity contribution < 1.29 is 24.0 Å². The number of rotatable bonds is 22. The third-order valence-corrected chi connectivity index (χ3v) is 9.51. The van der Waals surface area contributed by atoms with Gasteiger partial charge in [-0.1, -0.05) is 27.7 Å². The lowest BCUT2D eigenvalue weighted by Crippen LogP contribution is -2.31. The standard InChI is InChI=1S/C40H54N10O6/c1-6-49(7-2)20-10-12-35(56-41)28-22-29(37(52)42-19-11-21-50(8-3)9-4)24-32(23-28)44-38(53)27-13-15-30(16-14-27)47-48-36(26(5)51)39(54)43-31-17-18-33-34(25-31)46-40(55)45-33/h13-18,22-25,35-36H,6-12,19-21,41H2,1-5H3,(H,42,52)(H,43,54)(H,44,53)(H2,45,46,55). The molecule has 3 aromatic carbocycles. The van der Waals surface area contributed by atoms with Gasteiger partial charge in [0, 0.05) is 29.0 Å². The Morgan fingerprint density at radius 3 is 2.07 bits per heavy atom. The van der Waals surface area contributed by atoms with Crippen LogP contribution in [0, 0.1) is 0 Å². The van der Waals surface area contributed by atoms with Crippen molar-refractivity contribution in [3.8, 4) is 0 Å². The smallest absolute Gasteiger partial charge is 0.323 e. The molecule has 2 unspecified atom stereocenters. The van der Waals surface area contributed by atoms with E-state index >= 15 is 0 Å². The highest BCUT2D eigenvalue weighted by Gasteiger charge is 2.24. The second-order valence-electron chi connectivity index (χ2n) is 13.3. The van der Waals surface area contributed by atoms with Crippen molar-refractivity contribution in [2.45, 2.75) is 66.0 Å². The van der Waals surface area contributed by atoms with E-state index < -0.39 is 29.7 Å². The van der Waals surface area contributed by atoms with Crippen LogP contribution in [-0.4, -0.2) is 95.1 Å². The van der Waals surface area contributed by atoms with Crippen molar-refractivity contribution in [1.82, 2.24) is 25.1 Å². The summed E-state index contributed by atoms with van der Waals surface area (Å²) >= 11 is 0. The van der Waals surface area contributed by atoms with Gasteiger partial charge in [-0.25, -0.2) is 10.7 Å². The van der Waals surface area contributed by atoms with Gasteiger partial charge in [0.1, 0.15) is 6.10 Å². The number of H-pyrrole nitrogens is 2. The van der Waals surface area contributed by atoms with Gasteiger partial charge in [0.15, 0.2) is 5.78 Å². The molecule has 1 aromatic heterocycles. The number of aromatic amines is 2. The van der Waals surface area contributed by atoms with Gasteiger partial charge in [0.2, 0.25) is 6.04 Å². The van der Waals surface area contributed by atoms with Crippen molar-refractivity contribution in [2.75, 3.05) is 56.4 Å². The summed E-state index contributed by atoms with van der Waals surface area (Å²) in [5.41, 5.74) is 3.06. The molecular weight excluding hydrogens is 717 g/mol. The van der Waals surface area contributed by atoms with Crippen LogP contribution in [0.15, 0.2) is 75.7 Å². The monoisotopic (exact) mass is 770 g/mol. The number of ketones is 1. The molecule has 0 saturated heterocycles. The Morgan fingerprint density at radius 1 is 0.768 bits per heavy atom. The molecule has 3 amide bonds. The summed E-state index contributed by atoms with van der Waals surface area (Å²) in [5, 5.41) is 16.6. The predicted molar refractivity (Wildman–Crippen MR) is 217 cm³/mol. The number of aromatic nitrogens is 2. The first-order valence-corrected chi connectivity index (χ1v) is 19.1. The minimum atomic E-state index is -1.43. The van der Waals surface area contributed by atoms with Gasteiger partial charge in [-0.15, -0.1) is 0 Å². The van der Waals surface area contributed by atoms with Crippen LogP contribution in [0.25, 0.3) is 11.0 Å². The number of nitrogens with two attached hydrogens (primary N) is 1. The highest BCUT2D eigenvalue weighted by Crippen LogP contribution is 2.27. The molecule has 0 aliphatic carbocycles. The van der Waals surface area contributed by atoms with Gasteiger partial charge >= 0.3 is 5.69 Å². The van der Waals surface area contributed by atoms with Gasteiger partial charge in [-0.05, 0) is 132 Å². The normalized spacial score (nSPS) is 12.6. The van der Waals surface area contributed by atoms with Crippen molar-refractivity contribution in [3.05, 3.63) is 87.8 Å². The number of nitrogens with one attached hydrogen (secondary N) is 5. The Morgan fingerprint density at radius 2 is 1.43 bits per heavy atom. The molecule has 300 valence electrons. The molecule has 4 rings (SSSR count). The van der Waals surface area contributed by atoms with Crippen LogP contribution in [-0.2, 0) is 14.4 Å². The number of nitrogens with zero attached hydrogens (tertiary/aromatic N) is 4. The molecule has 0 spiro atoms. The Balaban J connectivity index is 1.46. The third-order valence-electron chi connectivity index (χ3n) is 9.51. The zero-order chi connectivity index (χ0) is 40.6. The first-order valence-electron chi connectivity index (χ1n) is 19.1. The Hall–Kier alpha value is -5.55.